The molecular formula is C18H19BrN2O4. The predicted molar refractivity (Wildman–Crippen MR) is 98.7 cm³/mol. The fourth-order valence-electron chi connectivity index (χ4n) is 2.09. The minimum atomic E-state index is -0.370. The number of likely N-dealkylation sites (N-methyl/N-ethyl adjacent to an activating group) is 1. The van der Waals surface area contributed by atoms with Gasteiger partial charge in [-0.3, -0.25) is 9.59 Å². The van der Waals surface area contributed by atoms with Crippen molar-refractivity contribution in [3.05, 3.63) is 52.5 Å². The van der Waals surface area contributed by atoms with Crippen LogP contribution >= 0.6 is 15.9 Å². The van der Waals surface area contributed by atoms with Gasteiger partial charge in [0.25, 0.3) is 5.91 Å². The highest BCUT2D eigenvalue weighted by atomic mass is 79.9. The molecule has 0 aliphatic carbocycles. The Hall–Kier alpha value is -2.54. The number of anilines is 1. The molecule has 0 fully saturated rings. The van der Waals surface area contributed by atoms with Crippen LogP contribution in [0.4, 0.5) is 5.69 Å². The molecule has 7 heteroatoms. The summed E-state index contributed by atoms with van der Waals surface area (Å²) in [6.45, 7) is 1.52. The number of nitrogens with one attached hydrogen (secondary N) is 1. The SMILES string of the molecule is Cc1cc(Br)ccc1NC(=O)CN(C)C(=O)COc1ccccc1O. The summed E-state index contributed by atoms with van der Waals surface area (Å²) in [4.78, 5) is 25.4. The topological polar surface area (TPSA) is 78.9 Å². The second kappa shape index (κ2) is 8.53. The average molecular weight is 407 g/mol. The van der Waals surface area contributed by atoms with Gasteiger partial charge in [0.15, 0.2) is 18.1 Å². The summed E-state index contributed by atoms with van der Waals surface area (Å²) < 4.78 is 6.20. The van der Waals surface area contributed by atoms with E-state index >= 15 is 0 Å². The second-order valence-electron chi connectivity index (χ2n) is 5.51. The number of para-hydroxylation sites is 2. The van der Waals surface area contributed by atoms with Gasteiger partial charge < -0.3 is 20.1 Å². The third kappa shape index (κ3) is 5.49. The molecule has 25 heavy (non-hydrogen) atoms. The molecule has 0 spiro atoms. The van der Waals surface area contributed by atoms with E-state index in [0.29, 0.717) is 5.69 Å². The van der Waals surface area contributed by atoms with Crippen molar-refractivity contribution in [2.45, 2.75) is 6.92 Å². The molecule has 0 aliphatic rings. The van der Waals surface area contributed by atoms with Crippen LogP contribution in [0.1, 0.15) is 5.56 Å². The van der Waals surface area contributed by atoms with Gasteiger partial charge in [0.1, 0.15) is 0 Å². The van der Waals surface area contributed by atoms with E-state index in [2.05, 4.69) is 21.2 Å². The van der Waals surface area contributed by atoms with Crippen LogP contribution in [-0.2, 0) is 9.59 Å². The van der Waals surface area contributed by atoms with Crippen molar-refractivity contribution in [3.8, 4) is 11.5 Å². The lowest BCUT2D eigenvalue weighted by Gasteiger charge is -2.18. The summed E-state index contributed by atoms with van der Waals surface area (Å²) in [6, 6.07) is 11.9. The molecule has 0 heterocycles. The van der Waals surface area contributed by atoms with E-state index in [-0.39, 0.29) is 36.5 Å². The standard InChI is InChI=1S/C18H19BrN2O4/c1-12-9-13(19)7-8-14(12)20-17(23)10-21(2)18(24)11-25-16-6-4-3-5-15(16)22/h3-9,22H,10-11H2,1-2H3,(H,20,23). The average Bonchev–Trinajstić information content (AvgIpc) is 2.56. The summed E-state index contributed by atoms with van der Waals surface area (Å²) in [5.41, 5.74) is 1.61. The number of halogens is 1. The van der Waals surface area contributed by atoms with Crippen LogP contribution in [0.15, 0.2) is 46.9 Å². The maximum atomic E-state index is 12.1. The first-order chi connectivity index (χ1) is 11.9. The highest BCUT2D eigenvalue weighted by Crippen LogP contribution is 2.24. The third-order valence-corrected chi connectivity index (χ3v) is 3.98. The van der Waals surface area contributed by atoms with Crippen LogP contribution < -0.4 is 10.1 Å². The van der Waals surface area contributed by atoms with Gasteiger partial charge in [-0.25, -0.2) is 0 Å². The highest BCUT2D eigenvalue weighted by Gasteiger charge is 2.15. The van der Waals surface area contributed by atoms with Crippen LogP contribution in [-0.4, -0.2) is 42.0 Å². The quantitative estimate of drug-likeness (QED) is 0.772. The van der Waals surface area contributed by atoms with Gasteiger partial charge in [0, 0.05) is 17.2 Å². The number of phenolic OH excluding ortho intramolecular Hbond substituents is 1. The van der Waals surface area contributed by atoms with Crippen LogP contribution in [0.3, 0.4) is 0 Å². The minimum Gasteiger partial charge on any atom is -0.504 e. The molecule has 2 amide bonds. The normalized spacial score (nSPS) is 10.2. The molecule has 0 atom stereocenters. The zero-order chi connectivity index (χ0) is 18.4. The number of phenols is 1. The molecule has 6 nitrogen and oxygen atoms in total. The smallest absolute Gasteiger partial charge is 0.260 e. The zero-order valence-corrected chi connectivity index (χ0v) is 15.5. The number of carbonyl (C=O) groups excluding carboxylic acids is 2. The van der Waals surface area contributed by atoms with Crippen molar-refractivity contribution >= 4 is 33.4 Å². The number of aryl methyl sites for hydroxylation is 1. The number of ether oxygens (including phenoxy) is 1. The summed E-state index contributed by atoms with van der Waals surface area (Å²) in [7, 11) is 1.52. The summed E-state index contributed by atoms with van der Waals surface area (Å²) >= 11 is 3.37. The molecule has 0 unspecified atom stereocenters. The maximum absolute atomic E-state index is 12.1. The highest BCUT2D eigenvalue weighted by molar-refractivity contribution is 9.10. The van der Waals surface area contributed by atoms with Gasteiger partial charge >= 0.3 is 0 Å². The van der Waals surface area contributed by atoms with E-state index < -0.39 is 0 Å². The van der Waals surface area contributed by atoms with Crippen LogP contribution in [0.2, 0.25) is 0 Å². The van der Waals surface area contributed by atoms with Crippen LogP contribution in [0, 0.1) is 6.92 Å². The van der Waals surface area contributed by atoms with E-state index in [0.717, 1.165) is 10.0 Å². The van der Waals surface area contributed by atoms with Gasteiger partial charge in [-0.05, 0) is 42.8 Å². The molecule has 0 saturated heterocycles. The van der Waals surface area contributed by atoms with E-state index in [1.54, 1.807) is 24.3 Å². The van der Waals surface area contributed by atoms with Crippen LogP contribution in [0.25, 0.3) is 0 Å². The number of hydrogen-bond donors (Lipinski definition) is 2. The van der Waals surface area contributed by atoms with Crippen molar-refractivity contribution in [2.75, 3.05) is 25.5 Å². The Labute approximate surface area is 154 Å². The number of benzene rings is 2. The largest absolute Gasteiger partial charge is 0.504 e. The molecule has 0 aromatic heterocycles. The van der Waals surface area contributed by atoms with Gasteiger partial charge in [-0.2, -0.15) is 0 Å². The second-order valence-corrected chi connectivity index (χ2v) is 6.43. The number of amides is 2. The zero-order valence-electron chi connectivity index (χ0n) is 14.0. The fraction of sp³-hybridized carbons (Fsp3) is 0.222. The first-order valence-corrected chi connectivity index (χ1v) is 8.37. The summed E-state index contributed by atoms with van der Waals surface area (Å²) in [5.74, 6) is -0.490. The van der Waals surface area contributed by atoms with Crippen molar-refractivity contribution in [1.29, 1.82) is 0 Å². The molecule has 2 rings (SSSR count). The lowest BCUT2D eigenvalue weighted by atomic mass is 10.2. The maximum Gasteiger partial charge on any atom is 0.260 e. The molecule has 0 radical (unpaired) electrons. The minimum absolute atomic E-state index is 0.0404. The van der Waals surface area contributed by atoms with Gasteiger partial charge in [0.05, 0.1) is 6.54 Å². The predicted octanol–water partition coefficient (Wildman–Crippen LogP) is 2.94. The van der Waals surface area contributed by atoms with Gasteiger partial charge in [0.2, 0.25) is 5.91 Å². The van der Waals surface area contributed by atoms with E-state index in [1.807, 2.05) is 19.1 Å². The van der Waals surface area contributed by atoms with E-state index in [1.165, 1.54) is 18.0 Å². The molecular weight excluding hydrogens is 388 g/mol. The number of rotatable bonds is 6. The fourth-order valence-corrected chi connectivity index (χ4v) is 2.57. The lowest BCUT2D eigenvalue weighted by Crippen LogP contribution is -2.37. The Balaban J connectivity index is 1.85. The molecule has 2 aromatic carbocycles. The van der Waals surface area contributed by atoms with E-state index in [4.69, 9.17) is 4.74 Å². The number of carbonyl (C=O) groups is 2. The summed E-state index contributed by atoms with van der Waals surface area (Å²) in [5, 5.41) is 12.4. The Bertz CT molecular complexity index is 779. The van der Waals surface area contributed by atoms with Crippen molar-refractivity contribution < 1.29 is 19.4 Å². The first-order valence-electron chi connectivity index (χ1n) is 7.57. The number of aromatic hydroxyl groups is 1. The van der Waals surface area contributed by atoms with E-state index in [9.17, 15) is 14.7 Å². The van der Waals surface area contributed by atoms with Gasteiger partial charge in [-0.1, -0.05) is 28.1 Å². The molecule has 0 aliphatic heterocycles. The number of hydrogen-bond acceptors (Lipinski definition) is 4. The Morgan fingerprint density at radius 2 is 1.96 bits per heavy atom. The lowest BCUT2D eigenvalue weighted by molar-refractivity contribution is -0.135. The molecule has 2 aromatic rings. The molecule has 132 valence electrons. The third-order valence-electron chi connectivity index (χ3n) is 3.49. The van der Waals surface area contributed by atoms with Crippen molar-refractivity contribution in [3.63, 3.8) is 0 Å². The van der Waals surface area contributed by atoms with Gasteiger partial charge in [-0.15, -0.1) is 0 Å². The molecule has 0 bridgehead atoms. The van der Waals surface area contributed by atoms with Crippen molar-refractivity contribution in [1.82, 2.24) is 4.90 Å². The Kier molecular flexibility index (Phi) is 6.41. The Morgan fingerprint density at radius 3 is 2.64 bits per heavy atom. The first kappa shape index (κ1) is 18.8. The summed E-state index contributed by atoms with van der Waals surface area (Å²) in [6.07, 6.45) is 0. The molecule has 0 saturated carbocycles. The Morgan fingerprint density at radius 1 is 1.24 bits per heavy atom. The van der Waals surface area contributed by atoms with Crippen LogP contribution in [0.5, 0.6) is 11.5 Å². The number of nitrogens with zero attached hydrogens (tertiary/aromatic N) is 1. The monoisotopic (exact) mass is 406 g/mol. The van der Waals surface area contributed by atoms with Crippen molar-refractivity contribution in [2.24, 2.45) is 0 Å². The molecule has 2 N–H and O–H groups in total.